The van der Waals surface area contributed by atoms with Crippen LogP contribution in [0.5, 0.6) is 0 Å². The number of aliphatic hydroxyl groups excluding tert-OH is 1. The highest BCUT2D eigenvalue weighted by molar-refractivity contribution is 7.89. The third kappa shape index (κ3) is 4.21. The van der Waals surface area contributed by atoms with Gasteiger partial charge in [0, 0.05) is 37.6 Å². The zero-order valence-electron chi connectivity index (χ0n) is 16.3. The quantitative estimate of drug-likeness (QED) is 0.679. The molecule has 29 heavy (non-hydrogen) atoms. The van der Waals surface area contributed by atoms with Crippen LogP contribution in [0.25, 0.3) is 10.8 Å². The number of fused-ring (bicyclic) bond motifs is 1. The zero-order chi connectivity index (χ0) is 20.3. The topological polar surface area (TPSA) is 60.9 Å². The van der Waals surface area contributed by atoms with Crippen molar-refractivity contribution in [3.05, 3.63) is 78.4 Å². The molecule has 3 aromatic carbocycles. The lowest BCUT2D eigenvalue weighted by Gasteiger charge is -2.38. The summed E-state index contributed by atoms with van der Waals surface area (Å²) in [6, 6.07) is 23.1. The van der Waals surface area contributed by atoms with Crippen LogP contribution in [0.3, 0.4) is 0 Å². The second-order valence-electron chi connectivity index (χ2n) is 7.44. The van der Waals surface area contributed by atoms with Crippen molar-refractivity contribution < 1.29 is 13.5 Å². The van der Waals surface area contributed by atoms with E-state index in [1.807, 2.05) is 48.5 Å². The highest BCUT2D eigenvalue weighted by Crippen LogP contribution is 2.26. The summed E-state index contributed by atoms with van der Waals surface area (Å²) in [5.41, 5.74) is 1.18. The van der Waals surface area contributed by atoms with Gasteiger partial charge in [-0.2, -0.15) is 4.31 Å². The van der Waals surface area contributed by atoms with E-state index >= 15 is 0 Å². The average Bonchev–Trinajstić information content (AvgIpc) is 2.78. The van der Waals surface area contributed by atoms with E-state index in [4.69, 9.17) is 0 Å². The molecule has 0 bridgehead atoms. The summed E-state index contributed by atoms with van der Waals surface area (Å²) < 4.78 is 28.2. The summed E-state index contributed by atoms with van der Waals surface area (Å²) in [5, 5.41) is 11.6. The van der Waals surface area contributed by atoms with E-state index in [-0.39, 0.29) is 12.6 Å². The van der Waals surface area contributed by atoms with Crippen molar-refractivity contribution >= 4 is 20.8 Å². The third-order valence-corrected chi connectivity index (χ3v) is 7.64. The summed E-state index contributed by atoms with van der Waals surface area (Å²) in [6.07, 6.45) is 0.757. The fourth-order valence-electron chi connectivity index (χ4n) is 4.06. The van der Waals surface area contributed by atoms with Crippen LogP contribution < -0.4 is 0 Å². The van der Waals surface area contributed by atoms with Crippen LogP contribution in [-0.4, -0.2) is 61.6 Å². The number of rotatable bonds is 6. The molecule has 0 amide bonds. The van der Waals surface area contributed by atoms with E-state index in [0.717, 1.165) is 17.2 Å². The van der Waals surface area contributed by atoms with E-state index in [9.17, 15) is 13.5 Å². The van der Waals surface area contributed by atoms with E-state index in [1.165, 1.54) is 5.56 Å². The minimum atomic E-state index is -3.56. The first kappa shape index (κ1) is 20.0. The zero-order valence-corrected chi connectivity index (χ0v) is 17.1. The number of sulfonamides is 1. The van der Waals surface area contributed by atoms with Gasteiger partial charge in [-0.1, -0.05) is 66.7 Å². The Morgan fingerprint density at radius 3 is 2.21 bits per heavy atom. The van der Waals surface area contributed by atoms with Gasteiger partial charge in [0.05, 0.1) is 11.5 Å². The molecule has 0 radical (unpaired) electrons. The van der Waals surface area contributed by atoms with Gasteiger partial charge in [0.25, 0.3) is 0 Å². The molecule has 1 atom stereocenters. The van der Waals surface area contributed by atoms with Crippen molar-refractivity contribution in [3.63, 3.8) is 0 Å². The molecular weight excluding hydrogens is 384 g/mol. The Morgan fingerprint density at radius 1 is 0.828 bits per heavy atom. The van der Waals surface area contributed by atoms with Crippen molar-refractivity contribution in [1.82, 2.24) is 9.21 Å². The molecule has 6 heteroatoms. The highest BCUT2D eigenvalue weighted by atomic mass is 32.2. The number of piperazine rings is 1. The van der Waals surface area contributed by atoms with Crippen LogP contribution in [0.2, 0.25) is 0 Å². The second-order valence-corrected chi connectivity index (χ2v) is 9.35. The summed E-state index contributed by atoms with van der Waals surface area (Å²) in [7, 11) is -3.56. The minimum absolute atomic E-state index is 0.000176. The Hall–Kier alpha value is -2.25. The van der Waals surface area contributed by atoms with Crippen LogP contribution >= 0.6 is 0 Å². The van der Waals surface area contributed by atoms with Crippen molar-refractivity contribution in [1.29, 1.82) is 0 Å². The normalized spacial score (nSPS) is 17.4. The molecule has 1 saturated heterocycles. The van der Waals surface area contributed by atoms with Gasteiger partial charge in [-0.3, -0.25) is 4.90 Å². The molecule has 1 aliphatic rings. The molecule has 1 fully saturated rings. The first-order valence-electron chi connectivity index (χ1n) is 9.96. The fraction of sp³-hybridized carbons (Fsp3) is 0.304. The number of benzene rings is 3. The van der Waals surface area contributed by atoms with Crippen molar-refractivity contribution in [2.24, 2.45) is 0 Å². The molecule has 0 spiro atoms. The van der Waals surface area contributed by atoms with E-state index in [2.05, 4.69) is 17.0 Å². The molecule has 1 heterocycles. The largest absolute Gasteiger partial charge is 0.395 e. The second kappa shape index (κ2) is 8.63. The number of hydrogen-bond donors (Lipinski definition) is 1. The highest BCUT2D eigenvalue weighted by Gasteiger charge is 2.31. The lowest BCUT2D eigenvalue weighted by atomic mass is 10.0. The molecule has 1 N–H and O–H groups in total. The predicted octanol–water partition coefficient (Wildman–Crippen LogP) is 2.75. The van der Waals surface area contributed by atoms with Gasteiger partial charge in [-0.25, -0.2) is 8.42 Å². The summed E-state index contributed by atoms with van der Waals surface area (Å²) in [4.78, 5) is 2.56. The maximum Gasteiger partial charge on any atom is 0.243 e. The molecule has 4 rings (SSSR count). The van der Waals surface area contributed by atoms with Gasteiger partial charge < -0.3 is 5.11 Å². The molecule has 0 saturated carbocycles. The van der Waals surface area contributed by atoms with Crippen LogP contribution in [0.4, 0.5) is 0 Å². The standard InChI is InChI=1S/C23H26N2O3S/c26-18-21(17-19-7-2-1-3-8-19)24-13-15-25(16-14-24)29(27,28)23-12-6-10-20-9-4-5-11-22(20)23/h1-12,21,26H,13-18H2. The molecule has 152 valence electrons. The molecule has 5 nitrogen and oxygen atoms in total. The smallest absolute Gasteiger partial charge is 0.243 e. The summed E-state index contributed by atoms with van der Waals surface area (Å²) in [5.74, 6) is 0. The maximum absolute atomic E-state index is 13.3. The third-order valence-electron chi connectivity index (χ3n) is 5.68. The molecule has 0 aliphatic carbocycles. The first-order valence-corrected chi connectivity index (χ1v) is 11.4. The Kier molecular flexibility index (Phi) is 5.96. The fourth-order valence-corrected chi connectivity index (χ4v) is 5.70. The van der Waals surface area contributed by atoms with Crippen LogP contribution in [0.15, 0.2) is 77.7 Å². The molecule has 0 aromatic heterocycles. The molecule has 1 unspecified atom stereocenters. The Balaban J connectivity index is 1.48. The van der Waals surface area contributed by atoms with E-state index in [1.54, 1.807) is 16.4 Å². The molecule has 3 aromatic rings. The van der Waals surface area contributed by atoms with E-state index in [0.29, 0.717) is 31.1 Å². The van der Waals surface area contributed by atoms with Gasteiger partial charge in [0.1, 0.15) is 0 Å². The Morgan fingerprint density at radius 2 is 1.48 bits per heavy atom. The number of nitrogens with zero attached hydrogens (tertiary/aromatic N) is 2. The average molecular weight is 411 g/mol. The predicted molar refractivity (Wildman–Crippen MR) is 115 cm³/mol. The first-order chi connectivity index (χ1) is 14.1. The van der Waals surface area contributed by atoms with E-state index < -0.39 is 10.0 Å². The minimum Gasteiger partial charge on any atom is -0.395 e. The molecular formula is C23H26N2O3S. The van der Waals surface area contributed by atoms with Crippen LogP contribution in [0.1, 0.15) is 5.56 Å². The number of hydrogen-bond acceptors (Lipinski definition) is 4. The van der Waals surface area contributed by atoms with Gasteiger partial charge in [-0.15, -0.1) is 0 Å². The van der Waals surface area contributed by atoms with Crippen molar-refractivity contribution in [2.45, 2.75) is 17.4 Å². The van der Waals surface area contributed by atoms with Gasteiger partial charge in [0.15, 0.2) is 0 Å². The Labute approximate surface area is 172 Å². The monoisotopic (exact) mass is 410 g/mol. The lowest BCUT2D eigenvalue weighted by Crippen LogP contribution is -2.53. The lowest BCUT2D eigenvalue weighted by molar-refractivity contribution is 0.0903. The SMILES string of the molecule is O=S(=O)(c1cccc2ccccc12)N1CCN(C(CO)Cc2ccccc2)CC1. The maximum atomic E-state index is 13.3. The van der Waals surface area contributed by atoms with Gasteiger partial charge >= 0.3 is 0 Å². The molecule has 1 aliphatic heterocycles. The van der Waals surface area contributed by atoms with Crippen LogP contribution in [-0.2, 0) is 16.4 Å². The number of aliphatic hydroxyl groups is 1. The van der Waals surface area contributed by atoms with Crippen molar-refractivity contribution in [2.75, 3.05) is 32.8 Å². The summed E-state index contributed by atoms with van der Waals surface area (Å²) >= 11 is 0. The summed E-state index contributed by atoms with van der Waals surface area (Å²) in [6.45, 7) is 2.14. The Bertz CT molecular complexity index is 1060. The van der Waals surface area contributed by atoms with Crippen LogP contribution in [0, 0.1) is 0 Å². The van der Waals surface area contributed by atoms with Crippen molar-refractivity contribution in [3.8, 4) is 0 Å². The van der Waals surface area contributed by atoms with Gasteiger partial charge in [-0.05, 0) is 23.4 Å². The van der Waals surface area contributed by atoms with Gasteiger partial charge in [0.2, 0.25) is 10.0 Å².